The number of hydrogen-bond donors (Lipinski definition) is 3. The van der Waals surface area contributed by atoms with Crippen LogP contribution in [0.5, 0.6) is 0 Å². The average Bonchev–Trinajstić information content (AvgIpc) is 2.09. The maximum Gasteiger partial charge on any atom is 0.319 e. The SMILES string of the molecule is Nc1cc(F)cc(NC(=O)NC2CCC2)c1. The van der Waals surface area contributed by atoms with Crippen LogP contribution in [0.1, 0.15) is 19.3 Å². The summed E-state index contributed by atoms with van der Waals surface area (Å²) in [6.45, 7) is 0. The minimum absolute atomic E-state index is 0.255. The molecule has 1 aliphatic carbocycles. The summed E-state index contributed by atoms with van der Waals surface area (Å²) < 4.78 is 13.0. The quantitative estimate of drug-likeness (QED) is 0.672. The molecule has 0 aliphatic heterocycles. The van der Waals surface area contributed by atoms with E-state index < -0.39 is 5.82 Å². The van der Waals surface area contributed by atoms with Crippen LogP contribution in [0.4, 0.5) is 20.6 Å². The zero-order valence-electron chi connectivity index (χ0n) is 8.79. The van der Waals surface area contributed by atoms with Gasteiger partial charge in [0.15, 0.2) is 0 Å². The standard InChI is InChI=1S/C11H14FN3O/c12-7-4-8(13)6-10(5-7)15-11(16)14-9-2-1-3-9/h4-6,9H,1-3,13H2,(H2,14,15,16). The number of rotatable bonds is 2. The predicted molar refractivity (Wildman–Crippen MR) is 60.6 cm³/mol. The van der Waals surface area contributed by atoms with Crippen LogP contribution in [-0.4, -0.2) is 12.1 Å². The predicted octanol–water partition coefficient (Wildman–Crippen LogP) is 2.08. The second kappa shape index (κ2) is 4.38. The molecular weight excluding hydrogens is 209 g/mol. The van der Waals surface area contributed by atoms with Crippen molar-refractivity contribution < 1.29 is 9.18 Å². The van der Waals surface area contributed by atoms with Crippen molar-refractivity contribution >= 4 is 17.4 Å². The second-order valence-corrected chi connectivity index (χ2v) is 4.00. The summed E-state index contributed by atoms with van der Waals surface area (Å²) in [5.74, 6) is -0.459. The van der Waals surface area contributed by atoms with E-state index in [1.807, 2.05) is 0 Å². The number of carbonyl (C=O) groups is 1. The van der Waals surface area contributed by atoms with Crippen LogP contribution in [0.25, 0.3) is 0 Å². The Morgan fingerprint density at radius 1 is 1.38 bits per heavy atom. The van der Waals surface area contributed by atoms with Crippen LogP contribution in [0.3, 0.4) is 0 Å². The first-order valence-corrected chi connectivity index (χ1v) is 5.27. The number of anilines is 2. The number of nitrogens with two attached hydrogens (primary N) is 1. The van der Waals surface area contributed by atoms with Gasteiger partial charge in [0.1, 0.15) is 5.82 Å². The van der Waals surface area contributed by atoms with Crippen molar-refractivity contribution in [1.82, 2.24) is 5.32 Å². The molecule has 0 radical (unpaired) electrons. The smallest absolute Gasteiger partial charge is 0.319 e. The van der Waals surface area contributed by atoms with Crippen molar-refractivity contribution in [2.75, 3.05) is 11.1 Å². The lowest BCUT2D eigenvalue weighted by atomic mass is 9.93. The van der Waals surface area contributed by atoms with E-state index in [1.54, 1.807) is 0 Å². The minimum Gasteiger partial charge on any atom is -0.399 e. The molecule has 5 heteroatoms. The highest BCUT2D eigenvalue weighted by Gasteiger charge is 2.19. The summed E-state index contributed by atoms with van der Waals surface area (Å²) in [5.41, 5.74) is 6.12. The molecule has 1 aromatic rings. The van der Waals surface area contributed by atoms with Gasteiger partial charge in [-0.3, -0.25) is 0 Å². The molecule has 1 aromatic carbocycles. The molecule has 86 valence electrons. The van der Waals surface area contributed by atoms with Crippen molar-refractivity contribution in [3.63, 3.8) is 0 Å². The first kappa shape index (κ1) is 10.7. The molecule has 2 amide bonds. The fraction of sp³-hybridized carbons (Fsp3) is 0.364. The van der Waals surface area contributed by atoms with Crippen molar-refractivity contribution in [2.45, 2.75) is 25.3 Å². The maximum atomic E-state index is 13.0. The second-order valence-electron chi connectivity index (χ2n) is 4.00. The minimum atomic E-state index is -0.459. The van der Waals surface area contributed by atoms with Crippen LogP contribution >= 0.6 is 0 Å². The van der Waals surface area contributed by atoms with Crippen molar-refractivity contribution in [3.05, 3.63) is 24.0 Å². The zero-order valence-corrected chi connectivity index (χ0v) is 8.79. The number of carbonyl (C=O) groups excluding carboxylic acids is 1. The molecule has 0 unspecified atom stereocenters. The number of urea groups is 1. The summed E-state index contributed by atoms with van der Waals surface area (Å²) in [6, 6.07) is 3.90. The van der Waals surface area contributed by atoms with Gasteiger partial charge in [-0.25, -0.2) is 9.18 Å². The normalized spacial score (nSPS) is 15.3. The fourth-order valence-corrected chi connectivity index (χ4v) is 1.59. The molecule has 0 aromatic heterocycles. The summed E-state index contributed by atoms with van der Waals surface area (Å²) >= 11 is 0. The Hall–Kier alpha value is -1.78. The Balaban J connectivity index is 1.94. The highest BCUT2D eigenvalue weighted by Crippen LogP contribution is 2.19. The fourth-order valence-electron chi connectivity index (χ4n) is 1.59. The highest BCUT2D eigenvalue weighted by molar-refractivity contribution is 5.90. The van der Waals surface area contributed by atoms with Crippen LogP contribution in [-0.2, 0) is 0 Å². The third-order valence-corrected chi connectivity index (χ3v) is 2.62. The Morgan fingerprint density at radius 3 is 2.69 bits per heavy atom. The third kappa shape index (κ3) is 2.62. The Labute approximate surface area is 93.0 Å². The lowest BCUT2D eigenvalue weighted by Gasteiger charge is -2.26. The molecule has 0 bridgehead atoms. The van der Waals surface area contributed by atoms with E-state index in [4.69, 9.17) is 5.73 Å². The number of amides is 2. The summed E-state index contributed by atoms with van der Waals surface area (Å²) in [4.78, 5) is 11.5. The van der Waals surface area contributed by atoms with E-state index in [2.05, 4.69) is 10.6 Å². The van der Waals surface area contributed by atoms with E-state index in [0.29, 0.717) is 11.4 Å². The monoisotopic (exact) mass is 223 g/mol. The van der Waals surface area contributed by atoms with Gasteiger partial charge < -0.3 is 16.4 Å². The number of halogens is 1. The molecule has 1 aliphatic rings. The van der Waals surface area contributed by atoms with Crippen LogP contribution in [0.2, 0.25) is 0 Å². The zero-order chi connectivity index (χ0) is 11.5. The molecule has 2 rings (SSSR count). The number of hydrogen-bond acceptors (Lipinski definition) is 2. The Bertz CT molecular complexity index is 384. The van der Waals surface area contributed by atoms with Gasteiger partial charge in [-0.2, -0.15) is 0 Å². The van der Waals surface area contributed by atoms with E-state index in [1.165, 1.54) is 18.2 Å². The van der Waals surface area contributed by atoms with Crippen LogP contribution in [0.15, 0.2) is 18.2 Å². The molecule has 1 saturated carbocycles. The maximum absolute atomic E-state index is 13.0. The van der Waals surface area contributed by atoms with E-state index in [0.717, 1.165) is 19.3 Å². The summed E-state index contributed by atoms with van der Waals surface area (Å²) in [6.07, 6.45) is 3.18. The van der Waals surface area contributed by atoms with Gasteiger partial charge in [-0.15, -0.1) is 0 Å². The number of nitrogen functional groups attached to an aromatic ring is 1. The molecule has 4 N–H and O–H groups in total. The molecule has 16 heavy (non-hydrogen) atoms. The van der Waals surface area contributed by atoms with Crippen molar-refractivity contribution in [3.8, 4) is 0 Å². The van der Waals surface area contributed by atoms with E-state index in [-0.39, 0.29) is 12.1 Å². The van der Waals surface area contributed by atoms with Crippen molar-refractivity contribution in [1.29, 1.82) is 0 Å². The van der Waals surface area contributed by atoms with Gasteiger partial charge >= 0.3 is 6.03 Å². The average molecular weight is 223 g/mol. The van der Waals surface area contributed by atoms with Gasteiger partial charge in [0.2, 0.25) is 0 Å². The molecule has 1 fully saturated rings. The van der Waals surface area contributed by atoms with Gasteiger partial charge in [0, 0.05) is 17.4 Å². The largest absolute Gasteiger partial charge is 0.399 e. The molecule has 0 saturated heterocycles. The molecule has 0 spiro atoms. The first-order chi connectivity index (χ1) is 7.63. The lowest BCUT2D eigenvalue weighted by molar-refractivity contribution is 0.240. The summed E-state index contributed by atoms with van der Waals surface area (Å²) in [5, 5.41) is 5.34. The Kier molecular flexibility index (Phi) is 2.94. The molecule has 4 nitrogen and oxygen atoms in total. The van der Waals surface area contributed by atoms with Crippen LogP contribution < -0.4 is 16.4 Å². The van der Waals surface area contributed by atoms with E-state index in [9.17, 15) is 9.18 Å². The third-order valence-electron chi connectivity index (χ3n) is 2.62. The molecule has 0 atom stereocenters. The number of benzene rings is 1. The van der Waals surface area contributed by atoms with Gasteiger partial charge in [-0.05, 0) is 37.5 Å². The molecule has 0 heterocycles. The van der Waals surface area contributed by atoms with Gasteiger partial charge in [-0.1, -0.05) is 0 Å². The number of nitrogens with one attached hydrogen (secondary N) is 2. The van der Waals surface area contributed by atoms with E-state index >= 15 is 0 Å². The first-order valence-electron chi connectivity index (χ1n) is 5.27. The van der Waals surface area contributed by atoms with Crippen molar-refractivity contribution in [2.24, 2.45) is 0 Å². The van der Waals surface area contributed by atoms with Crippen LogP contribution in [0, 0.1) is 5.82 Å². The van der Waals surface area contributed by atoms with Gasteiger partial charge in [0.25, 0.3) is 0 Å². The lowest BCUT2D eigenvalue weighted by Crippen LogP contribution is -2.41. The summed E-state index contributed by atoms with van der Waals surface area (Å²) in [7, 11) is 0. The van der Waals surface area contributed by atoms with Gasteiger partial charge in [0.05, 0.1) is 0 Å². The Morgan fingerprint density at radius 2 is 2.12 bits per heavy atom. The molecular formula is C11H14FN3O. The topological polar surface area (TPSA) is 67.1 Å². The highest BCUT2D eigenvalue weighted by atomic mass is 19.1.